The molecule has 2 heterocycles. The van der Waals surface area contributed by atoms with Crippen LogP contribution in [0.3, 0.4) is 0 Å². The van der Waals surface area contributed by atoms with Gasteiger partial charge in [0.2, 0.25) is 0 Å². The van der Waals surface area contributed by atoms with E-state index in [1.807, 2.05) is 24.4 Å². The minimum absolute atomic E-state index is 0.548. The molecule has 0 saturated heterocycles. The normalized spacial score (nSPS) is 11.7. The van der Waals surface area contributed by atoms with Crippen molar-refractivity contribution in [1.82, 2.24) is 20.6 Å². The topological polar surface area (TPSA) is 62.2 Å². The van der Waals surface area contributed by atoms with Gasteiger partial charge in [-0.05, 0) is 32.2 Å². The van der Waals surface area contributed by atoms with E-state index in [0.29, 0.717) is 6.54 Å². The monoisotopic (exact) mass is 367 g/mol. The first-order valence-corrected chi connectivity index (χ1v) is 9.76. The molecule has 0 spiro atoms. The van der Waals surface area contributed by atoms with Crippen molar-refractivity contribution in [3.63, 3.8) is 0 Å². The molecular formula is C20H25N5S. The summed E-state index contributed by atoms with van der Waals surface area (Å²) in [6.45, 7) is 8.43. The average molecular weight is 368 g/mol. The molecule has 2 aromatic heterocycles. The van der Waals surface area contributed by atoms with Crippen LogP contribution in [0.1, 0.15) is 28.2 Å². The highest BCUT2D eigenvalue weighted by Crippen LogP contribution is 2.17. The summed E-state index contributed by atoms with van der Waals surface area (Å²) in [5, 5.41) is 10.2. The maximum Gasteiger partial charge on any atom is 0.191 e. The molecule has 3 aromatic rings. The lowest BCUT2D eigenvalue weighted by Gasteiger charge is -2.11. The zero-order valence-electron chi connectivity index (χ0n) is 15.5. The van der Waals surface area contributed by atoms with Crippen molar-refractivity contribution in [2.45, 2.75) is 33.7 Å². The fraction of sp³-hybridized carbons (Fsp3) is 0.350. The molecule has 136 valence electrons. The number of thiazole rings is 1. The Bertz CT molecular complexity index is 875. The number of aliphatic imine (C=N–C) groups is 1. The van der Waals surface area contributed by atoms with Crippen molar-refractivity contribution >= 4 is 28.1 Å². The Morgan fingerprint density at radius 1 is 1.15 bits per heavy atom. The number of fused-ring (bicyclic) bond motifs is 1. The number of rotatable bonds is 6. The van der Waals surface area contributed by atoms with Gasteiger partial charge in [-0.25, -0.2) is 9.98 Å². The van der Waals surface area contributed by atoms with Crippen LogP contribution in [0.5, 0.6) is 0 Å². The van der Waals surface area contributed by atoms with Crippen molar-refractivity contribution in [2.75, 3.05) is 13.1 Å². The van der Waals surface area contributed by atoms with Crippen molar-refractivity contribution in [2.24, 2.45) is 4.99 Å². The quantitative estimate of drug-likeness (QED) is 0.516. The van der Waals surface area contributed by atoms with E-state index in [0.717, 1.165) is 42.2 Å². The van der Waals surface area contributed by atoms with Gasteiger partial charge in [-0.1, -0.05) is 24.3 Å². The molecule has 0 aliphatic carbocycles. The molecule has 0 aliphatic heterocycles. The summed E-state index contributed by atoms with van der Waals surface area (Å²) in [5.74, 6) is 0.812. The van der Waals surface area contributed by atoms with E-state index in [4.69, 9.17) is 4.99 Å². The Kier molecular flexibility index (Phi) is 6.17. The molecule has 0 radical (unpaired) electrons. The highest BCUT2D eigenvalue weighted by atomic mass is 32.1. The van der Waals surface area contributed by atoms with Crippen LogP contribution in [0.15, 0.2) is 41.5 Å². The van der Waals surface area contributed by atoms with E-state index in [1.54, 1.807) is 11.3 Å². The van der Waals surface area contributed by atoms with Crippen molar-refractivity contribution in [1.29, 1.82) is 0 Å². The maximum atomic E-state index is 4.70. The Labute approximate surface area is 158 Å². The molecule has 0 saturated carbocycles. The molecule has 0 bridgehead atoms. The zero-order chi connectivity index (χ0) is 18.4. The van der Waals surface area contributed by atoms with Crippen LogP contribution < -0.4 is 10.6 Å². The predicted molar refractivity (Wildman–Crippen MR) is 110 cm³/mol. The Hall–Kier alpha value is -2.47. The molecular weight excluding hydrogens is 342 g/mol. The van der Waals surface area contributed by atoms with Crippen molar-refractivity contribution in [3.8, 4) is 0 Å². The predicted octanol–water partition coefficient (Wildman–Crippen LogP) is 3.61. The highest BCUT2D eigenvalue weighted by Gasteiger charge is 2.05. The van der Waals surface area contributed by atoms with Crippen molar-refractivity contribution < 1.29 is 0 Å². The smallest absolute Gasteiger partial charge is 0.191 e. The molecule has 1 aromatic carbocycles. The number of nitrogens with one attached hydrogen (secondary N) is 2. The van der Waals surface area contributed by atoms with E-state index in [1.165, 1.54) is 15.3 Å². The first-order valence-electron chi connectivity index (χ1n) is 8.95. The van der Waals surface area contributed by atoms with E-state index in [-0.39, 0.29) is 0 Å². The van der Waals surface area contributed by atoms with Gasteiger partial charge in [0.15, 0.2) is 5.96 Å². The molecule has 26 heavy (non-hydrogen) atoms. The van der Waals surface area contributed by atoms with E-state index < -0.39 is 0 Å². The number of hydrogen-bond donors (Lipinski definition) is 2. The molecule has 2 N–H and O–H groups in total. The van der Waals surface area contributed by atoms with E-state index in [9.17, 15) is 0 Å². The van der Waals surface area contributed by atoms with Gasteiger partial charge in [-0.2, -0.15) is 0 Å². The number of benzene rings is 1. The molecule has 5 nitrogen and oxygen atoms in total. The van der Waals surface area contributed by atoms with Gasteiger partial charge in [-0.3, -0.25) is 4.98 Å². The fourth-order valence-corrected chi connectivity index (χ4v) is 3.67. The van der Waals surface area contributed by atoms with E-state index >= 15 is 0 Å². The lowest BCUT2D eigenvalue weighted by atomic mass is 10.1. The molecule has 6 heteroatoms. The fourth-order valence-electron chi connectivity index (χ4n) is 2.74. The number of guanidine groups is 1. The van der Waals surface area contributed by atoms with Gasteiger partial charge in [0.05, 0.1) is 22.9 Å². The van der Waals surface area contributed by atoms with Crippen LogP contribution in [0.2, 0.25) is 0 Å². The van der Waals surface area contributed by atoms with Gasteiger partial charge in [0, 0.05) is 36.0 Å². The lowest BCUT2D eigenvalue weighted by Crippen LogP contribution is -2.38. The molecule has 0 atom stereocenters. The molecule has 0 aliphatic rings. The summed E-state index contributed by atoms with van der Waals surface area (Å²) in [6.07, 6.45) is 2.75. The second-order valence-electron chi connectivity index (χ2n) is 6.10. The molecule has 0 unspecified atom stereocenters. The number of hydrogen-bond acceptors (Lipinski definition) is 4. The van der Waals surface area contributed by atoms with Gasteiger partial charge in [0.1, 0.15) is 0 Å². The highest BCUT2D eigenvalue weighted by molar-refractivity contribution is 7.11. The van der Waals surface area contributed by atoms with Crippen LogP contribution >= 0.6 is 11.3 Å². The summed E-state index contributed by atoms with van der Waals surface area (Å²) in [4.78, 5) is 15.1. The van der Waals surface area contributed by atoms with Gasteiger partial charge in [0.25, 0.3) is 0 Å². The zero-order valence-corrected chi connectivity index (χ0v) is 16.4. The minimum atomic E-state index is 0.548. The number of aromatic nitrogens is 2. The average Bonchev–Trinajstić information content (AvgIpc) is 2.97. The van der Waals surface area contributed by atoms with Crippen LogP contribution in [0.25, 0.3) is 10.8 Å². The van der Waals surface area contributed by atoms with Gasteiger partial charge >= 0.3 is 0 Å². The summed E-state index contributed by atoms with van der Waals surface area (Å²) >= 11 is 1.77. The summed E-state index contributed by atoms with van der Waals surface area (Å²) in [7, 11) is 0. The second-order valence-corrected chi connectivity index (χ2v) is 7.39. The number of pyridine rings is 1. The summed E-state index contributed by atoms with van der Waals surface area (Å²) in [5.41, 5.74) is 2.12. The minimum Gasteiger partial charge on any atom is -0.357 e. The second kappa shape index (κ2) is 8.76. The summed E-state index contributed by atoms with van der Waals surface area (Å²) < 4.78 is 0. The Morgan fingerprint density at radius 2 is 2.00 bits per heavy atom. The van der Waals surface area contributed by atoms with Crippen LogP contribution in [0, 0.1) is 13.8 Å². The first-order chi connectivity index (χ1) is 12.7. The Balaban J connectivity index is 1.64. The standard InChI is InChI=1S/C20H25N5S/c1-4-21-20(23-12-10-19-25-14(2)15(3)26-19)24-13-18-17-8-6-5-7-16(17)9-11-22-18/h5-9,11H,4,10,12-13H2,1-3H3,(H2,21,23,24). The third-order valence-electron chi connectivity index (χ3n) is 4.19. The molecule has 0 amide bonds. The summed E-state index contributed by atoms with van der Waals surface area (Å²) in [6, 6.07) is 10.3. The van der Waals surface area contributed by atoms with Crippen LogP contribution in [-0.2, 0) is 13.0 Å². The maximum absolute atomic E-state index is 4.70. The lowest BCUT2D eigenvalue weighted by molar-refractivity contribution is 0.793. The number of aryl methyl sites for hydroxylation is 2. The van der Waals surface area contributed by atoms with Crippen molar-refractivity contribution in [3.05, 3.63) is 57.8 Å². The van der Waals surface area contributed by atoms with Gasteiger partial charge < -0.3 is 10.6 Å². The van der Waals surface area contributed by atoms with Crippen LogP contribution in [0.4, 0.5) is 0 Å². The third kappa shape index (κ3) is 4.58. The third-order valence-corrected chi connectivity index (χ3v) is 5.32. The first kappa shape index (κ1) is 18.3. The largest absolute Gasteiger partial charge is 0.357 e. The number of nitrogens with zero attached hydrogens (tertiary/aromatic N) is 3. The van der Waals surface area contributed by atoms with Crippen LogP contribution in [-0.4, -0.2) is 29.0 Å². The van der Waals surface area contributed by atoms with E-state index in [2.05, 4.69) is 53.5 Å². The molecule has 0 fully saturated rings. The molecule has 3 rings (SSSR count). The van der Waals surface area contributed by atoms with Gasteiger partial charge in [-0.15, -0.1) is 11.3 Å². The Morgan fingerprint density at radius 3 is 2.77 bits per heavy atom. The SMILES string of the molecule is CCNC(=NCc1nccc2ccccc12)NCCc1nc(C)c(C)s1.